The fourth-order valence-electron chi connectivity index (χ4n) is 2.62. The van der Waals surface area contributed by atoms with Gasteiger partial charge in [0.15, 0.2) is 0 Å². The third-order valence-corrected chi connectivity index (χ3v) is 4.47. The summed E-state index contributed by atoms with van der Waals surface area (Å²) in [5.41, 5.74) is 5.38. The van der Waals surface area contributed by atoms with Crippen LogP contribution in [0, 0.1) is 20.8 Å². The van der Waals surface area contributed by atoms with E-state index in [1.165, 1.54) is 5.56 Å². The summed E-state index contributed by atoms with van der Waals surface area (Å²) in [6, 6.07) is 13.8. The maximum atomic E-state index is 12.2. The Hall–Kier alpha value is -2.62. The van der Waals surface area contributed by atoms with Crippen LogP contribution in [0.15, 0.2) is 42.5 Å². The Kier molecular flexibility index (Phi) is 6.34. The predicted octanol–water partition coefficient (Wildman–Crippen LogP) is 3.99. The highest BCUT2D eigenvalue weighted by atomic mass is 16.2. The van der Waals surface area contributed by atoms with Crippen LogP contribution in [0.1, 0.15) is 35.6 Å². The van der Waals surface area contributed by atoms with Crippen LogP contribution in [0.25, 0.3) is 0 Å². The molecule has 0 saturated carbocycles. The molecule has 0 spiro atoms. The molecule has 0 bridgehead atoms. The van der Waals surface area contributed by atoms with E-state index in [0.29, 0.717) is 13.1 Å². The molecule has 132 valence electrons. The summed E-state index contributed by atoms with van der Waals surface area (Å²) in [7, 11) is 0. The number of benzene rings is 2. The second kappa shape index (κ2) is 8.47. The molecule has 0 unspecified atom stereocenters. The van der Waals surface area contributed by atoms with Gasteiger partial charge in [0.1, 0.15) is 0 Å². The zero-order valence-corrected chi connectivity index (χ0v) is 15.4. The van der Waals surface area contributed by atoms with E-state index < -0.39 is 0 Å². The summed E-state index contributed by atoms with van der Waals surface area (Å²) < 4.78 is 0. The van der Waals surface area contributed by atoms with Crippen LogP contribution < -0.4 is 5.32 Å². The Morgan fingerprint density at radius 3 is 2.32 bits per heavy atom. The first kappa shape index (κ1) is 18.7. The van der Waals surface area contributed by atoms with Crippen LogP contribution in [-0.2, 0) is 16.1 Å². The maximum Gasteiger partial charge on any atom is 0.226 e. The fraction of sp³-hybridized carbons (Fsp3) is 0.333. The van der Waals surface area contributed by atoms with E-state index >= 15 is 0 Å². The molecular formula is C21H26N2O2. The number of nitrogens with one attached hydrogen (secondary N) is 1. The number of aryl methyl sites for hydroxylation is 3. The van der Waals surface area contributed by atoms with E-state index in [1.807, 2.05) is 63.2 Å². The Morgan fingerprint density at radius 1 is 0.960 bits per heavy atom. The van der Waals surface area contributed by atoms with Crippen molar-refractivity contribution in [2.45, 2.75) is 40.7 Å². The molecule has 0 atom stereocenters. The van der Waals surface area contributed by atoms with E-state index in [1.54, 1.807) is 11.8 Å². The molecule has 1 N–H and O–H groups in total. The standard InChI is InChI=1S/C21H26N2O2/c1-15-9-10-20(13-17(15)3)22-21(25)11-12-23(18(4)24)14-19-8-6-5-7-16(19)2/h5-10,13H,11-12,14H2,1-4H3,(H,22,25). The number of rotatable bonds is 6. The van der Waals surface area contributed by atoms with Gasteiger partial charge in [-0.15, -0.1) is 0 Å². The third-order valence-electron chi connectivity index (χ3n) is 4.47. The van der Waals surface area contributed by atoms with Crippen LogP contribution in [0.4, 0.5) is 5.69 Å². The lowest BCUT2D eigenvalue weighted by molar-refractivity contribution is -0.129. The predicted molar refractivity (Wildman–Crippen MR) is 101 cm³/mol. The number of carbonyl (C=O) groups excluding carboxylic acids is 2. The van der Waals surface area contributed by atoms with Crippen molar-refractivity contribution in [2.75, 3.05) is 11.9 Å². The molecule has 0 aliphatic rings. The first-order valence-corrected chi connectivity index (χ1v) is 8.54. The minimum Gasteiger partial charge on any atom is -0.338 e. The molecule has 0 aliphatic heterocycles. The summed E-state index contributed by atoms with van der Waals surface area (Å²) in [4.78, 5) is 25.8. The van der Waals surface area contributed by atoms with Gasteiger partial charge in [0.2, 0.25) is 11.8 Å². The molecule has 2 aromatic rings. The minimum atomic E-state index is -0.0840. The van der Waals surface area contributed by atoms with E-state index in [-0.39, 0.29) is 18.2 Å². The molecule has 0 radical (unpaired) electrons. The van der Waals surface area contributed by atoms with E-state index in [2.05, 4.69) is 5.32 Å². The van der Waals surface area contributed by atoms with E-state index in [0.717, 1.165) is 22.4 Å². The normalized spacial score (nSPS) is 10.4. The lowest BCUT2D eigenvalue weighted by Gasteiger charge is -2.22. The lowest BCUT2D eigenvalue weighted by atomic mass is 10.1. The van der Waals surface area contributed by atoms with Gasteiger partial charge < -0.3 is 10.2 Å². The summed E-state index contributed by atoms with van der Waals surface area (Å²) in [5.74, 6) is -0.110. The number of carbonyl (C=O) groups is 2. The molecule has 0 aromatic heterocycles. The Labute approximate surface area is 149 Å². The van der Waals surface area contributed by atoms with Crippen molar-refractivity contribution in [2.24, 2.45) is 0 Å². The molecule has 0 saturated heterocycles. The van der Waals surface area contributed by atoms with Gasteiger partial charge in [0.05, 0.1) is 0 Å². The smallest absolute Gasteiger partial charge is 0.226 e. The number of nitrogens with zero attached hydrogens (tertiary/aromatic N) is 1. The van der Waals surface area contributed by atoms with Gasteiger partial charge in [-0.3, -0.25) is 9.59 Å². The molecule has 0 fully saturated rings. The van der Waals surface area contributed by atoms with Gasteiger partial charge >= 0.3 is 0 Å². The topological polar surface area (TPSA) is 49.4 Å². The third kappa shape index (κ3) is 5.45. The van der Waals surface area contributed by atoms with E-state index in [4.69, 9.17) is 0 Å². The lowest BCUT2D eigenvalue weighted by Crippen LogP contribution is -2.31. The quantitative estimate of drug-likeness (QED) is 0.866. The van der Waals surface area contributed by atoms with Crippen molar-refractivity contribution in [3.63, 3.8) is 0 Å². The summed E-state index contributed by atoms with van der Waals surface area (Å²) in [5, 5.41) is 2.90. The number of hydrogen-bond donors (Lipinski definition) is 1. The largest absolute Gasteiger partial charge is 0.338 e. The molecule has 2 amide bonds. The SMILES string of the molecule is CC(=O)N(CCC(=O)Nc1ccc(C)c(C)c1)Cc1ccccc1C. The molecule has 0 aliphatic carbocycles. The van der Waals surface area contributed by atoms with Crippen LogP contribution in [0.5, 0.6) is 0 Å². The Bertz CT molecular complexity index is 768. The van der Waals surface area contributed by atoms with Crippen LogP contribution in [0.2, 0.25) is 0 Å². The van der Waals surface area contributed by atoms with Crippen LogP contribution in [0.3, 0.4) is 0 Å². The second-order valence-corrected chi connectivity index (χ2v) is 6.46. The summed E-state index contributed by atoms with van der Waals surface area (Å²) in [6.07, 6.45) is 0.276. The highest BCUT2D eigenvalue weighted by molar-refractivity contribution is 5.91. The molecular weight excluding hydrogens is 312 g/mol. The summed E-state index contributed by atoms with van der Waals surface area (Å²) >= 11 is 0. The zero-order chi connectivity index (χ0) is 18.4. The number of hydrogen-bond acceptors (Lipinski definition) is 2. The van der Waals surface area contributed by atoms with Gasteiger partial charge in [0, 0.05) is 32.1 Å². The molecule has 2 rings (SSSR count). The molecule has 0 heterocycles. The first-order valence-electron chi connectivity index (χ1n) is 8.54. The highest BCUT2D eigenvalue weighted by Crippen LogP contribution is 2.15. The van der Waals surface area contributed by atoms with Crippen molar-refractivity contribution in [3.8, 4) is 0 Å². The second-order valence-electron chi connectivity index (χ2n) is 6.46. The van der Waals surface area contributed by atoms with Gasteiger partial charge in [-0.05, 0) is 55.2 Å². The van der Waals surface area contributed by atoms with E-state index in [9.17, 15) is 9.59 Å². The van der Waals surface area contributed by atoms with Gasteiger partial charge in [-0.2, -0.15) is 0 Å². The molecule has 2 aromatic carbocycles. The Balaban J connectivity index is 1.94. The van der Waals surface area contributed by atoms with Crippen LogP contribution in [-0.4, -0.2) is 23.3 Å². The van der Waals surface area contributed by atoms with Crippen molar-refractivity contribution >= 4 is 17.5 Å². The average Bonchev–Trinajstić information content (AvgIpc) is 2.56. The Morgan fingerprint density at radius 2 is 1.68 bits per heavy atom. The number of amides is 2. The van der Waals surface area contributed by atoms with Gasteiger partial charge in [0.25, 0.3) is 0 Å². The van der Waals surface area contributed by atoms with Gasteiger partial charge in [-0.25, -0.2) is 0 Å². The van der Waals surface area contributed by atoms with Crippen molar-refractivity contribution in [3.05, 3.63) is 64.7 Å². The maximum absolute atomic E-state index is 12.2. The number of anilines is 1. The van der Waals surface area contributed by atoms with Crippen LogP contribution >= 0.6 is 0 Å². The minimum absolute atomic E-state index is 0.0257. The first-order chi connectivity index (χ1) is 11.9. The average molecular weight is 338 g/mol. The fourth-order valence-corrected chi connectivity index (χ4v) is 2.62. The summed E-state index contributed by atoms with van der Waals surface area (Å²) in [6.45, 7) is 8.56. The molecule has 4 heteroatoms. The molecule has 25 heavy (non-hydrogen) atoms. The van der Waals surface area contributed by atoms with Crippen molar-refractivity contribution in [1.82, 2.24) is 4.90 Å². The highest BCUT2D eigenvalue weighted by Gasteiger charge is 2.13. The van der Waals surface area contributed by atoms with Crippen molar-refractivity contribution in [1.29, 1.82) is 0 Å². The van der Waals surface area contributed by atoms with Gasteiger partial charge in [-0.1, -0.05) is 30.3 Å². The zero-order valence-electron chi connectivity index (χ0n) is 15.4. The monoisotopic (exact) mass is 338 g/mol. The van der Waals surface area contributed by atoms with Crippen molar-refractivity contribution < 1.29 is 9.59 Å². The molecule has 4 nitrogen and oxygen atoms in total.